The summed E-state index contributed by atoms with van der Waals surface area (Å²) in [4.78, 5) is 13.6. The number of rotatable bonds is 2. The van der Waals surface area contributed by atoms with Gasteiger partial charge in [0.25, 0.3) is 0 Å². The van der Waals surface area contributed by atoms with Gasteiger partial charge in [-0.15, -0.1) is 0 Å². The van der Waals surface area contributed by atoms with Crippen LogP contribution in [0.5, 0.6) is 11.5 Å². The van der Waals surface area contributed by atoms with Gasteiger partial charge >= 0.3 is 0 Å². The van der Waals surface area contributed by atoms with Crippen molar-refractivity contribution >= 4 is 5.91 Å². The third-order valence-corrected chi connectivity index (χ3v) is 4.10. The molecular weight excluding hydrogens is 292 g/mol. The molecule has 0 fully saturated rings. The van der Waals surface area contributed by atoms with E-state index in [-0.39, 0.29) is 18.2 Å². The van der Waals surface area contributed by atoms with E-state index in [1.165, 1.54) is 0 Å². The van der Waals surface area contributed by atoms with Crippen LogP contribution in [0.4, 0.5) is 0 Å². The third kappa shape index (κ3) is 3.00. The number of ether oxygens (including phenoxy) is 1. The van der Waals surface area contributed by atoms with Crippen LogP contribution in [0, 0.1) is 6.92 Å². The van der Waals surface area contributed by atoms with Crippen LogP contribution < -0.4 is 10.5 Å². The molecule has 23 heavy (non-hydrogen) atoms. The molecule has 3 rings (SSSR count). The summed E-state index contributed by atoms with van der Waals surface area (Å²) < 4.78 is 5.64. The first kappa shape index (κ1) is 15.4. The molecule has 0 radical (unpaired) electrons. The van der Waals surface area contributed by atoms with Crippen molar-refractivity contribution in [3.63, 3.8) is 0 Å². The Bertz CT molecular complexity index is 743. The van der Waals surface area contributed by atoms with Crippen LogP contribution in [-0.2, 0) is 11.3 Å². The third-order valence-electron chi connectivity index (χ3n) is 4.10. The molecule has 5 nitrogen and oxygen atoms in total. The van der Waals surface area contributed by atoms with Gasteiger partial charge in [0.2, 0.25) is 5.91 Å². The number of phenols is 1. The van der Waals surface area contributed by atoms with Gasteiger partial charge in [0, 0.05) is 12.1 Å². The highest BCUT2D eigenvalue weighted by Crippen LogP contribution is 2.38. The molecule has 0 aromatic heterocycles. The number of carbonyl (C=O) groups is 1. The fraction of sp³-hybridized carbons (Fsp3) is 0.278. The van der Waals surface area contributed by atoms with Crippen molar-refractivity contribution in [1.29, 1.82) is 0 Å². The van der Waals surface area contributed by atoms with Gasteiger partial charge < -0.3 is 20.5 Å². The standard InChI is InChI=1S/C18H20N2O3/c1-12-4-2-3-5-15(12)13-8-14-11-20(17(22)10-19)6-7-23-18(14)16(21)9-13/h2-5,8-9,21H,6-7,10-11,19H2,1H3. The molecule has 3 N–H and O–H groups in total. The largest absolute Gasteiger partial charge is 0.504 e. The zero-order valence-electron chi connectivity index (χ0n) is 13.1. The van der Waals surface area contributed by atoms with Crippen LogP contribution in [0.3, 0.4) is 0 Å². The fourth-order valence-electron chi connectivity index (χ4n) is 2.89. The number of carbonyl (C=O) groups excluding carboxylic acids is 1. The van der Waals surface area contributed by atoms with E-state index < -0.39 is 0 Å². The molecule has 1 heterocycles. The number of benzene rings is 2. The Balaban J connectivity index is 2.05. The number of nitrogens with two attached hydrogens (primary N) is 1. The summed E-state index contributed by atoms with van der Waals surface area (Å²) in [5.41, 5.74) is 9.33. The second-order valence-electron chi connectivity index (χ2n) is 5.67. The highest BCUT2D eigenvalue weighted by molar-refractivity contribution is 5.78. The maximum atomic E-state index is 11.9. The van der Waals surface area contributed by atoms with Gasteiger partial charge in [0.15, 0.2) is 11.5 Å². The number of hydrogen-bond donors (Lipinski definition) is 2. The Morgan fingerprint density at radius 2 is 2.13 bits per heavy atom. The lowest BCUT2D eigenvalue weighted by Gasteiger charge is -2.19. The molecule has 2 aromatic rings. The number of hydrogen-bond acceptors (Lipinski definition) is 4. The zero-order chi connectivity index (χ0) is 16.4. The molecule has 0 aliphatic carbocycles. The van der Waals surface area contributed by atoms with Crippen molar-refractivity contribution in [1.82, 2.24) is 4.90 Å². The van der Waals surface area contributed by atoms with Gasteiger partial charge in [-0.1, -0.05) is 24.3 Å². The molecule has 120 valence electrons. The summed E-state index contributed by atoms with van der Waals surface area (Å²) in [6.07, 6.45) is 0. The predicted molar refractivity (Wildman–Crippen MR) is 88.2 cm³/mol. The molecule has 0 unspecified atom stereocenters. The second-order valence-corrected chi connectivity index (χ2v) is 5.67. The smallest absolute Gasteiger partial charge is 0.236 e. The van der Waals surface area contributed by atoms with E-state index >= 15 is 0 Å². The highest BCUT2D eigenvalue weighted by Gasteiger charge is 2.22. The first-order valence-electron chi connectivity index (χ1n) is 7.62. The number of fused-ring (bicyclic) bond motifs is 1. The average molecular weight is 312 g/mol. The van der Waals surface area contributed by atoms with Crippen molar-refractivity contribution in [3.05, 3.63) is 47.5 Å². The minimum Gasteiger partial charge on any atom is -0.504 e. The van der Waals surface area contributed by atoms with Crippen molar-refractivity contribution in [3.8, 4) is 22.6 Å². The molecule has 1 aliphatic rings. The monoisotopic (exact) mass is 312 g/mol. The van der Waals surface area contributed by atoms with E-state index in [9.17, 15) is 9.90 Å². The zero-order valence-corrected chi connectivity index (χ0v) is 13.1. The van der Waals surface area contributed by atoms with Gasteiger partial charge in [-0.05, 0) is 35.7 Å². The van der Waals surface area contributed by atoms with Crippen LogP contribution in [0.1, 0.15) is 11.1 Å². The van der Waals surface area contributed by atoms with E-state index in [0.29, 0.717) is 25.4 Å². The van der Waals surface area contributed by atoms with E-state index in [2.05, 4.69) is 0 Å². The quantitative estimate of drug-likeness (QED) is 0.890. The van der Waals surface area contributed by atoms with E-state index in [4.69, 9.17) is 10.5 Å². The number of aromatic hydroxyl groups is 1. The Labute approximate surface area is 135 Å². The molecule has 0 spiro atoms. The Hall–Kier alpha value is -2.53. The van der Waals surface area contributed by atoms with Gasteiger partial charge in [-0.2, -0.15) is 0 Å². The summed E-state index contributed by atoms with van der Waals surface area (Å²) in [5.74, 6) is 0.430. The molecule has 1 aliphatic heterocycles. The van der Waals surface area contributed by atoms with Crippen LogP contribution in [0.2, 0.25) is 0 Å². The van der Waals surface area contributed by atoms with Gasteiger partial charge in [0.05, 0.1) is 13.1 Å². The predicted octanol–water partition coefficient (Wildman–Crippen LogP) is 2.05. The maximum Gasteiger partial charge on any atom is 0.236 e. The van der Waals surface area contributed by atoms with Gasteiger partial charge in [0.1, 0.15) is 6.61 Å². The summed E-state index contributed by atoms with van der Waals surface area (Å²) in [7, 11) is 0. The molecule has 0 atom stereocenters. The van der Waals surface area contributed by atoms with Crippen LogP contribution >= 0.6 is 0 Å². The van der Waals surface area contributed by atoms with Crippen molar-refractivity contribution in [2.24, 2.45) is 5.73 Å². The normalized spacial score (nSPS) is 13.9. The van der Waals surface area contributed by atoms with Gasteiger partial charge in [-0.25, -0.2) is 0 Å². The number of aryl methyl sites for hydroxylation is 1. The summed E-state index contributed by atoms with van der Waals surface area (Å²) in [6, 6.07) is 11.7. The molecule has 0 saturated heterocycles. The van der Waals surface area contributed by atoms with E-state index in [1.54, 1.807) is 11.0 Å². The fourth-order valence-corrected chi connectivity index (χ4v) is 2.89. The number of phenolic OH excluding ortho intramolecular Hbond substituents is 1. The molecule has 2 aromatic carbocycles. The molecule has 5 heteroatoms. The SMILES string of the molecule is Cc1ccccc1-c1cc(O)c2c(c1)CN(C(=O)CN)CCO2. The topological polar surface area (TPSA) is 75.8 Å². The first-order valence-corrected chi connectivity index (χ1v) is 7.62. The Kier molecular flexibility index (Phi) is 4.21. The van der Waals surface area contributed by atoms with Crippen molar-refractivity contribution in [2.75, 3.05) is 19.7 Å². The molecular formula is C18H20N2O3. The first-order chi connectivity index (χ1) is 11.1. The lowest BCUT2D eigenvalue weighted by molar-refractivity contribution is -0.130. The van der Waals surface area contributed by atoms with Crippen molar-refractivity contribution in [2.45, 2.75) is 13.5 Å². The maximum absolute atomic E-state index is 11.9. The van der Waals surface area contributed by atoms with Crippen LogP contribution in [0.15, 0.2) is 36.4 Å². The second kappa shape index (κ2) is 6.30. The minimum atomic E-state index is -0.123. The summed E-state index contributed by atoms with van der Waals surface area (Å²) in [6.45, 7) is 3.19. The average Bonchev–Trinajstić information content (AvgIpc) is 2.77. The van der Waals surface area contributed by atoms with E-state index in [1.807, 2.05) is 37.3 Å². The molecule has 0 saturated carbocycles. The Morgan fingerprint density at radius 1 is 1.35 bits per heavy atom. The molecule has 0 bridgehead atoms. The molecule has 1 amide bonds. The summed E-state index contributed by atoms with van der Waals surface area (Å²) >= 11 is 0. The lowest BCUT2D eigenvalue weighted by Crippen LogP contribution is -2.36. The Morgan fingerprint density at radius 3 is 2.87 bits per heavy atom. The van der Waals surface area contributed by atoms with Crippen molar-refractivity contribution < 1.29 is 14.6 Å². The highest BCUT2D eigenvalue weighted by atomic mass is 16.5. The minimum absolute atomic E-state index is 0.0290. The van der Waals surface area contributed by atoms with E-state index in [0.717, 1.165) is 22.3 Å². The number of amides is 1. The summed E-state index contributed by atoms with van der Waals surface area (Å²) in [5, 5.41) is 10.3. The van der Waals surface area contributed by atoms with Gasteiger partial charge in [-0.3, -0.25) is 4.79 Å². The number of nitrogens with zero attached hydrogens (tertiary/aromatic N) is 1. The van der Waals surface area contributed by atoms with Crippen LogP contribution in [0.25, 0.3) is 11.1 Å². The van der Waals surface area contributed by atoms with Crippen LogP contribution in [-0.4, -0.2) is 35.6 Å². The lowest BCUT2D eigenvalue weighted by atomic mass is 9.98.